The normalized spacial score (nSPS) is 15.4. The van der Waals surface area contributed by atoms with Gasteiger partial charge in [-0.25, -0.2) is 9.64 Å². The third-order valence-corrected chi connectivity index (χ3v) is 4.68. The number of pyridine rings is 1. The highest BCUT2D eigenvalue weighted by molar-refractivity contribution is 9.10. The van der Waals surface area contributed by atoms with Crippen molar-refractivity contribution in [2.45, 2.75) is 13.0 Å². The van der Waals surface area contributed by atoms with Crippen LogP contribution in [0.15, 0.2) is 15.3 Å². The van der Waals surface area contributed by atoms with Crippen molar-refractivity contribution in [1.29, 1.82) is 0 Å². The molecule has 0 bridgehead atoms. The fourth-order valence-corrected chi connectivity index (χ4v) is 3.44. The van der Waals surface area contributed by atoms with Crippen LogP contribution in [0, 0.1) is 16.7 Å². The minimum Gasteiger partial charge on any atom is -0.489 e. The standard InChI is InChI=1S/C15H10BrN3O6/c1-6-5-25-13-9(16)10(17-2)11(19(22)23)7-4-8(15(21)24-3)14(20)18(6)12(7)13/h4,6H,5H2,1,3H3/t6-/m0/s1. The SMILES string of the molecule is [C-]#[N+]c1c(Br)c2c3c(cc(C(=O)OC)c(=O)n3[C@@H](C)CO2)c1[N+](=O)[O-]. The van der Waals surface area contributed by atoms with Crippen LogP contribution in [0.25, 0.3) is 15.7 Å². The smallest absolute Gasteiger partial charge is 0.343 e. The van der Waals surface area contributed by atoms with E-state index in [1.165, 1.54) is 4.57 Å². The van der Waals surface area contributed by atoms with Gasteiger partial charge in [-0.3, -0.25) is 19.5 Å². The van der Waals surface area contributed by atoms with Crippen LogP contribution in [0.1, 0.15) is 23.3 Å². The van der Waals surface area contributed by atoms with Crippen LogP contribution in [0.2, 0.25) is 0 Å². The van der Waals surface area contributed by atoms with Gasteiger partial charge in [0.15, 0.2) is 0 Å². The van der Waals surface area contributed by atoms with E-state index in [1.807, 2.05) is 0 Å². The number of carbonyl (C=O) groups excluding carboxylic acids is 1. The van der Waals surface area contributed by atoms with Crippen LogP contribution in [-0.2, 0) is 4.74 Å². The second-order valence-corrected chi connectivity index (χ2v) is 6.15. The molecule has 128 valence electrons. The maximum absolute atomic E-state index is 12.7. The van der Waals surface area contributed by atoms with Gasteiger partial charge < -0.3 is 9.47 Å². The maximum atomic E-state index is 12.7. The van der Waals surface area contributed by atoms with E-state index in [9.17, 15) is 19.7 Å². The van der Waals surface area contributed by atoms with E-state index in [0.29, 0.717) is 0 Å². The third kappa shape index (κ3) is 2.27. The number of esters is 1. The van der Waals surface area contributed by atoms with Crippen LogP contribution in [0.4, 0.5) is 11.4 Å². The number of carbonyl (C=O) groups is 1. The Morgan fingerprint density at radius 1 is 1.60 bits per heavy atom. The summed E-state index contributed by atoms with van der Waals surface area (Å²) >= 11 is 3.17. The molecule has 1 aromatic carbocycles. The summed E-state index contributed by atoms with van der Waals surface area (Å²) in [7, 11) is 1.11. The molecule has 1 aliphatic heterocycles. The number of halogens is 1. The molecule has 10 heteroatoms. The number of rotatable bonds is 2. The highest BCUT2D eigenvalue weighted by Gasteiger charge is 2.34. The lowest BCUT2D eigenvalue weighted by atomic mass is 10.1. The Morgan fingerprint density at radius 2 is 2.28 bits per heavy atom. The molecular weight excluding hydrogens is 398 g/mol. The van der Waals surface area contributed by atoms with Crippen molar-refractivity contribution in [2.24, 2.45) is 0 Å². The minimum atomic E-state index is -0.905. The molecule has 1 atom stereocenters. The summed E-state index contributed by atoms with van der Waals surface area (Å²) in [6, 6.07) is 0.627. The van der Waals surface area contributed by atoms with E-state index in [-0.39, 0.29) is 39.0 Å². The summed E-state index contributed by atoms with van der Waals surface area (Å²) in [5.74, 6) is -0.740. The second kappa shape index (κ2) is 5.86. The quantitative estimate of drug-likeness (QED) is 0.328. The van der Waals surface area contributed by atoms with E-state index in [1.54, 1.807) is 6.92 Å². The Kier molecular flexibility index (Phi) is 3.96. The van der Waals surface area contributed by atoms with Crippen molar-refractivity contribution in [3.8, 4) is 5.75 Å². The molecule has 2 heterocycles. The highest BCUT2D eigenvalue weighted by atomic mass is 79.9. The van der Waals surface area contributed by atoms with Crippen molar-refractivity contribution in [2.75, 3.05) is 13.7 Å². The molecule has 1 aliphatic rings. The number of aromatic nitrogens is 1. The van der Waals surface area contributed by atoms with Gasteiger partial charge in [0, 0.05) is 0 Å². The molecule has 3 rings (SSSR count). The zero-order valence-electron chi connectivity index (χ0n) is 13.0. The summed E-state index contributed by atoms with van der Waals surface area (Å²) in [5, 5.41) is 11.6. The lowest BCUT2D eigenvalue weighted by Crippen LogP contribution is -2.34. The summed E-state index contributed by atoms with van der Waals surface area (Å²) in [6.07, 6.45) is 0. The molecule has 0 saturated carbocycles. The van der Waals surface area contributed by atoms with Gasteiger partial charge in [-0.2, -0.15) is 0 Å². The fourth-order valence-electron chi connectivity index (χ4n) is 2.86. The number of hydrogen-bond acceptors (Lipinski definition) is 6. The zero-order valence-corrected chi connectivity index (χ0v) is 14.6. The first-order valence-corrected chi connectivity index (χ1v) is 7.80. The molecule has 0 spiro atoms. The van der Waals surface area contributed by atoms with Gasteiger partial charge in [-0.15, -0.1) is 0 Å². The molecule has 9 nitrogen and oxygen atoms in total. The summed E-state index contributed by atoms with van der Waals surface area (Å²) < 4.78 is 11.6. The second-order valence-electron chi connectivity index (χ2n) is 5.36. The van der Waals surface area contributed by atoms with Gasteiger partial charge in [-0.05, 0) is 13.0 Å². The Labute approximate surface area is 148 Å². The molecule has 1 aromatic heterocycles. The van der Waals surface area contributed by atoms with E-state index >= 15 is 0 Å². The molecule has 2 aromatic rings. The van der Waals surface area contributed by atoms with Crippen LogP contribution >= 0.6 is 15.9 Å². The lowest BCUT2D eigenvalue weighted by molar-refractivity contribution is -0.382. The minimum absolute atomic E-state index is 0.0271. The van der Waals surface area contributed by atoms with Crippen LogP contribution in [0.3, 0.4) is 0 Å². The molecule has 0 radical (unpaired) electrons. The van der Waals surface area contributed by atoms with Crippen LogP contribution < -0.4 is 10.3 Å². The number of nitro groups is 1. The van der Waals surface area contributed by atoms with E-state index in [0.717, 1.165) is 13.2 Å². The Hall–Kier alpha value is -2.93. The molecule has 0 aliphatic carbocycles. The number of nitro benzene ring substituents is 1. The van der Waals surface area contributed by atoms with Gasteiger partial charge in [-0.1, -0.05) is 15.9 Å². The maximum Gasteiger partial charge on any atom is 0.343 e. The van der Waals surface area contributed by atoms with Gasteiger partial charge in [0.25, 0.3) is 16.9 Å². The average molecular weight is 408 g/mol. The molecule has 0 amide bonds. The van der Waals surface area contributed by atoms with Gasteiger partial charge in [0.1, 0.15) is 17.9 Å². The first kappa shape index (κ1) is 16.9. The van der Waals surface area contributed by atoms with E-state index in [2.05, 4.69) is 25.5 Å². The summed E-state index contributed by atoms with van der Waals surface area (Å²) in [6.45, 7) is 9.07. The van der Waals surface area contributed by atoms with Crippen LogP contribution in [0.5, 0.6) is 5.75 Å². The summed E-state index contributed by atoms with van der Waals surface area (Å²) in [4.78, 5) is 38.8. The van der Waals surface area contributed by atoms with Crippen LogP contribution in [-0.4, -0.2) is 29.2 Å². The monoisotopic (exact) mass is 407 g/mol. The fraction of sp³-hybridized carbons (Fsp3) is 0.267. The number of benzene rings is 1. The van der Waals surface area contributed by atoms with Crippen molar-refractivity contribution >= 4 is 44.2 Å². The zero-order chi connectivity index (χ0) is 18.5. The van der Waals surface area contributed by atoms with Gasteiger partial charge >= 0.3 is 5.97 Å². The predicted molar refractivity (Wildman–Crippen MR) is 90.4 cm³/mol. The number of hydrogen-bond donors (Lipinski definition) is 0. The van der Waals surface area contributed by atoms with E-state index < -0.39 is 28.2 Å². The summed E-state index contributed by atoms with van der Waals surface area (Å²) in [5.41, 5.74) is -1.56. The topological polar surface area (TPSA) is 105 Å². The predicted octanol–water partition coefficient (Wildman–Crippen LogP) is 2.96. The third-order valence-electron chi connectivity index (χ3n) is 3.94. The number of nitrogens with zero attached hydrogens (tertiary/aromatic N) is 3. The Balaban J connectivity index is 2.66. The number of ether oxygens (including phenoxy) is 2. The van der Waals surface area contributed by atoms with Crippen molar-refractivity contribution in [1.82, 2.24) is 4.57 Å². The largest absolute Gasteiger partial charge is 0.489 e. The van der Waals surface area contributed by atoms with Crippen molar-refractivity contribution < 1.29 is 19.2 Å². The highest BCUT2D eigenvalue weighted by Crippen LogP contribution is 2.50. The van der Waals surface area contributed by atoms with Gasteiger partial charge in [0.05, 0.1) is 40.0 Å². The molecule has 0 fully saturated rings. The Bertz CT molecular complexity index is 1050. The first-order chi connectivity index (χ1) is 11.8. The van der Waals surface area contributed by atoms with Crippen molar-refractivity contribution in [3.63, 3.8) is 0 Å². The van der Waals surface area contributed by atoms with Crippen molar-refractivity contribution in [3.05, 3.63) is 48.0 Å². The molecule has 0 N–H and O–H groups in total. The molecule has 25 heavy (non-hydrogen) atoms. The van der Waals surface area contributed by atoms with Gasteiger partial charge in [0.2, 0.25) is 0 Å². The van der Waals surface area contributed by atoms with E-state index in [4.69, 9.17) is 11.3 Å². The molecule has 0 unspecified atom stereocenters. The molecule has 0 saturated heterocycles. The average Bonchev–Trinajstić information content (AvgIpc) is 2.58. The first-order valence-electron chi connectivity index (χ1n) is 7.01. The number of methoxy groups -OCH3 is 1. The molecular formula is C15H10BrN3O6. The Morgan fingerprint density at radius 3 is 2.84 bits per heavy atom. The lowest BCUT2D eigenvalue weighted by Gasteiger charge is -2.27.